The van der Waals surface area contributed by atoms with Crippen molar-refractivity contribution in [3.8, 4) is 5.75 Å². The first-order valence-electron chi connectivity index (χ1n) is 7.70. The Morgan fingerprint density at radius 1 is 1.00 bits per heavy atom. The smallest absolute Gasteiger partial charge is 0.124 e. The Labute approximate surface area is 128 Å². The van der Waals surface area contributed by atoms with E-state index in [1.54, 1.807) is 0 Å². The van der Waals surface area contributed by atoms with Gasteiger partial charge in [0.1, 0.15) is 5.75 Å². The van der Waals surface area contributed by atoms with Crippen molar-refractivity contribution >= 4 is 5.69 Å². The van der Waals surface area contributed by atoms with Gasteiger partial charge in [0.05, 0.1) is 12.6 Å². The van der Waals surface area contributed by atoms with Gasteiger partial charge in [-0.25, -0.2) is 0 Å². The molecule has 0 radical (unpaired) electrons. The molecule has 21 heavy (non-hydrogen) atoms. The number of benzene rings is 2. The first kappa shape index (κ1) is 15.4. The molecule has 0 saturated heterocycles. The molecule has 0 aliphatic rings. The largest absolute Gasteiger partial charge is 0.494 e. The predicted octanol–water partition coefficient (Wildman–Crippen LogP) is 5.38. The highest BCUT2D eigenvalue weighted by Crippen LogP contribution is 2.28. The zero-order valence-corrected chi connectivity index (χ0v) is 13.4. The lowest BCUT2D eigenvalue weighted by molar-refractivity contribution is 0.335. The Kier molecular flexibility index (Phi) is 5.26. The van der Waals surface area contributed by atoms with Crippen molar-refractivity contribution in [3.63, 3.8) is 0 Å². The first-order chi connectivity index (χ1) is 10.1. The number of ether oxygens (including phenoxy) is 1. The maximum absolute atomic E-state index is 5.72. The summed E-state index contributed by atoms with van der Waals surface area (Å²) < 4.78 is 5.72. The van der Waals surface area contributed by atoms with Crippen LogP contribution in [0.3, 0.4) is 0 Å². The standard InChI is InChI=1S/C19H25NO/c1-5-21-19-12-7-6-11-18(19)15(4)20-17-10-8-9-16(13-17)14(2)3/h6-15,20H,5H2,1-4H3. The van der Waals surface area contributed by atoms with E-state index < -0.39 is 0 Å². The van der Waals surface area contributed by atoms with E-state index in [9.17, 15) is 0 Å². The van der Waals surface area contributed by atoms with Crippen LogP contribution in [0.2, 0.25) is 0 Å². The van der Waals surface area contributed by atoms with Crippen molar-refractivity contribution in [2.75, 3.05) is 11.9 Å². The van der Waals surface area contributed by atoms with Crippen LogP contribution in [0.25, 0.3) is 0 Å². The van der Waals surface area contributed by atoms with Gasteiger partial charge in [0.2, 0.25) is 0 Å². The zero-order chi connectivity index (χ0) is 15.2. The lowest BCUT2D eigenvalue weighted by Gasteiger charge is -2.19. The molecule has 2 rings (SSSR count). The summed E-state index contributed by atoms with van der Waals surface area (Å²) in [6, 6.07) is 17.1. The van der Waals surface area contributed by atoms with Crippen LogP contribution in [0.5, 0.6) is 5.75 Å². The maximum Gasteiger partial charge on any atom is 0.124 e. The minimum Gasteiger partial charge on any atom is -0.494 e. The second-order valence-corrected chi connectivity index (χ2v) is 5.62. The van der Waals surface area contributed by atoms with Crippen LogP contribution in [0.15, 0.2) is 48.5 Å². The number of hydrogen-bond acceptors (Lipinski definition) is 2. The van der Waals surface area contributed by atoms with Gasteiger partial charge in [-0.05, 0) is 43.5 Å². The Morgan fingerprint density at radius 3 is 2.48 bits per heavy atom. The molecule has 0 spiro atoms. The molecule has 0 saturated carbocycles. The molecule has 2 heteroatoms. The molecule has 0 aromatic heterocycles. The molecule has 0 bridgehead atoms. The quantitative estimate of drug-likeness (QED) is 0.768. The van der Waals surface area contributed by atoms with Crippen molar-refractivity contribution in [1.82, 2.24) is 0 Å². The summed E-state index contributed by atoms with van der Waals surface area (Å²) in [5.41, 5.74) is 3.69. The van der Waals surface area contributed by atoms with Gasteiger partial charge >= 0.3 is 0 Å². The molecular weight excluding hydrogens is 258 g/mol. The van der Waals surface area contributed by atoms with Crippen LogP contribution in [0, 0.1) is 0 Å². The highest BCUT2D eigenvalue weighted by atomic mass is 16.5. The number of anilines is 1. The van der Waals surface area contributed by atoms with E-state index >= 15 is 0 Å². The van der Waals surface area contributed by atoms with Crippen molar-refractivity contribution in [1.29, 1.82) is 0 Å². The average Bonchev–Trinajstić information content (AvgIpc) is 2.48. The fraction of sp³-hybridized carbons (Fsp3) is 0.368. The summed E-state index contributed by atoms with van der Waals surface area (Å²) in [6.07, 6.45) is 0. The summed E-state index contributed by atoms with van der Waals surface area (Å²) in [4.78, 5) is 0. The van der Waals surface area contributed by atoms with E-state index in [2.05, 4.69) is 62.5 Å². The molecule has 0 heterocycles. The second kappa shape index (κ2) is 7.16. The van der Waals surface area contributed by atoms with Crippen LogP contribution in [-0.2, 0) is 0 Å². The van der Waals surface area contributed by atoms with Gasteiger partial charge in [0.15, 0.2) is 0 Å². The van der Waals surface area contributed by atoms with Crippen LogP contribution >= 0.6 is 0 Å². The summed E-state index contributed by atoms with van der Waals surface area (Å²) in [5.74, 6) is 1.50. The minimum absolute atomic E-state index is 0.204. The summed E-state index contributed by atoms with van der Waals surface area (Å²) in [5, 5.41) is 3.57. The van der Waals surface area contributed by atoms with Gasteiger partial charge in [-0.3, -0.25) is 0 Å². The Morgan fingerprint density at radius 2 is 1.76 bits per heavy atom. The van der Waals surface area contributed by atoms with E-state index in [0.29, 0.717) is 12.5 Å². The van der Waals surface area contributed by atoms with Crippen LogP contribution in [0.4, 0.5) is 5.69 Å². The summed E-state index contributed by atoms with van der Waals surface area (Å²) in [7, 11) is 0. The molecule has 1 unspecified atom stereocenters. The van der Waals surface area contributed by atoms with Gasteiger partial charge in [-0.2, -0.15) is 0 Å². The number of rotatable bonds is 6. The van der Waals surface area contributed by atoms with Gasteiger partial charge < -0.3 is 10.1 Å². The molecule has 0 fully saturated rings. The SMILES string of the molecule is CCOc1ccccc1C(C)Nc1cccc(C(C)C)c1. The van der Waals surface area contributed by atoms with Crippen LogP contribution < -0.4 is 10.1 Å². The van der Waals surface area contributed by atoms with Crippen LogP contribution in [-0.4, -0.2) is 6.61 Å². The monoisotopic (exact) mass is 283 g/mol. The second-order valence-electron chi connectivity index (χ2n) is 5.62. The highest BCUT2D eigenvalue weighted by molar-refractivity contribution is 5.50. The molecule has 2 nitrogen and oxygen atoms in total. The Hall–Kier alpha value is -1.96. The third kappa shape index (κ3) is 4.01. The molecule has 2 aromatic rings. The summed E-state index contributed by atoms with van der Waals surface area (Å²) >= 11 is 0. The third-order valence-electron chi connectivity index (χ3n) is 3.62. The van der Waals surface area contributed by atoms with E-state index in [1.807, 2.05) is 19.1 Å². The lowest BCUT2D eigenvalue weighted by atomic mass is 10.0. The number of para-hydroxylation sites is 1. The van der Waals surface area contributed by atoms with Gasteiger partial charge in [0.25, 0.3) is 0 Å². The lowest BCUT2D eigenvalue weighted by Crippen LogP contribution is -2.09. The van der Waals surface area contributed by atoms with Gasteiger partial charge in [0, 0.05) is 11.3 Å². The van der Waals surface area contributed by atoms with Gasteiger partial charge in [-0.1, -0.05) is 44.2 Å². The highest BCUT2D eigenvalue weighted by Gasteiger charge is 2.11. The topological polar surface area (TPSA) is 21.3 Å². The fourth-order valence-corrected chi connectivity index (χ4v) is 2.44. The minimum atomic E-state index is 0.204. The van der Waals surface area contributed by atoms with Crippen LogP contribution in [0.1, 0.15) is 50.8 Å². The van der Waals surface area contributed by atoms with E-state index in [0.717, 1.165) is 11.4 Å². The fourth-order valence-electron chi connectivity index (χ4n) is 2.44. The Balaban J connectivity index is 2.18. The third-order valence-corrected chi connectivity index (χ3v) is 3.62. The average molecular weight is 283 g/mol. The zero-order valence-electron chi connectivity index (χ0n) is 13.4. The molecule has 0 amide bonds. The Bertz CT molecular complexity index is 577. The molecule has 1 atom stereocenters. The number of nitrogens with one attached hydrogen (secondary N) is 1. The normalized spacial score (nSPS) is 12.2. The molecule has 2 aromatic carbocycles. The predicted molar refractivity (Wildman–Crippen MR) is 90.2 cm³/mol. The molecule has 1 N–H and O–H groups in total. The van der Waals surface area contributed by atoms with E-state index in [-0.39, 0.29) is 6.04 Å². The van der Waals surface area contributed by atoms with Gasteiger partial charge in [-0.15, -0.1) is 0 Å². The van der Waals surface area contributed by atoms with E-state index in [1.165, 1.54) is 11.1 Å². The number of hydrogen-bond donors (Lipinski definition) is 1. The summed E-state index contributed by atoms with van der Waals surface area (Å²) in [6.45, 7) is 9.30. The van der Waals surface area contributed by atoms with Crippen molar-refractivity contribution in [2.24, 2.45) is 0 Å². The van der Waals surface area contributed by atoms with Crippen molar-refractivity contribution in [2.45, 2.75) is 39.7 Å². The first-order valence-corrected chi connectivity index (χ1v) is 7.70. The van der Waals surface area contributed by atoms with Crippen molar-refractivity contribution in [3.05, 3.63) is 59.7 Å². The molecule has 0 aliphatic carbocycles. The molecular formula is C19H25NO. The molecule has 0 aliphatic heterocycles. The molecule has 112 valence electrons. The van der Waals surface area contributed by atoms with E-state index in [4.69, 9.17) is 4.74 Å². The van der Waals surface area contributed by atoms with Crippen molar-refractivity contribution < 1.29 is 4.74 Å². The maximum atomic E-state index is 5.72.